The van der Waals surface area contributed by atoms with Gasteiger partial charge in [-0.2, -0.15) is 0 Å². The maximum absolute atomic E-state index is 12.8. The average molecular weight is 563 g/mol. The van der Waals surface area contributed by atoms with Gasteiger partial charge in [0.2, 0.25) is 5.91 Å². The molecule has 0 radical (unpaired) electrons. The number of rotatable bonds is 7. The summed E-state index contributed by atoms with van der Waals surface area (Å²) in [5.74, 6) is 1.20. The smallest absolute Gasteiger partial charge is 0.263 e. The van der Waals surface area contributed by atoms with Gasteiger partial charge in [-0.05, 0) is 33.1 Å². The fourth-order valence-corrected chi connectivity index (χ4v) is 4.86. The number of guanidine groups is 1. The number of likely N-dealkylation sites (tertiary alicyclic amines) is 1. The third kappa shape index (κ3) is 7.58. The normalized spacial score (nSPS) is 19.6. The molecule has 1 aliphatic carbocycles. The second kappa shape index (κ2) is 13.2. The number of aromatic nitrogens is 1. The van der Waals surface area contributed by atoms with Crippen LogP contribution in [0.4, 0.5) is 0 Å². The van der Waals surface area contributed by atoms with Gasteiger partial charge in [0.25, 0.3) is 5.91 Å². The van der Waals surface area contributed by atoms with Crippen LogP contribution in [-0.2, 0) is 4.79 Å². The molecule has 0 bridgehead atoms. The fraction of sp³-hybridized carbons (Fsp3) is 0.714. The number of thiazole rings is 1. The van der Waals surface area contributed by atoms with Gasteiger partial charge in [-0.1, -0.05) is 19.3 Å². The Morgan fingerprint density at radius 2 is 2.00 bits per heavy atom. The average Bonchev–Trinajstić information content (AvgIpc) is 3.40. The summed E-state index contributed by atoms with van der Waals surface area (Å²) < 4.78 is 0. The fourth-order valence-electron chi connectivity index (χ4n) is 4.14. The van der Waals surface area contributed by atoms with E-state index in [1.54, 1.807) is 5.51 Å². The van der Waals surface area contributed by atoms with E-state index in [4.69, 9.17) is 0 Å². The molecule has 3 rings (SSSR count). The number of hydrogen-bond donors (Lipinski definition) is 3. The summed E-state index contributed by atoms with van der Waals surface area (Å²) in [6, 6.07) is 0.213. The zero-order chi connectivity index (χ0) is 21.3. The minimum absolute atomic E-state index is 0. The number of nitrogens with zero attached hydrogens (tertiary/aromatic N) is 3. The molecule has 0 spiro atoms. The first-order valence-corrected chi connectivity index (χ1v) is 12.0. The van der Waals surface area contributed by atoms with Crippen molar-refractivity contribution in [3.8, 4) is 0 Å². The molecule has 1 aromatic rings. The predicted octanol–water partition coefficient (Wildman–Crippen LogP) is 2.54. The van der Waals surface area contributed by atoms with E-state index in [-0.39, 0.29) is 41.8 Å². The van der Waals surface area contributed by atoms with Crippen LogP contribution in [0.15, 0.2) is 10.5 Å². The summed E-state index contributed by atoms with van der Waals surface area (Å²) in [6.07, 6.45) is 6.66. The number of carbonyl (C=O) groups excluding carboxylic acids is 2. The summed E-state index contributed by atoms with van der Waals surface area (Å²) >= 11 is 1.35. The molecule has 2 aliphatic rings. The van der Waals surface area contributed by atoms with Crippen LogP contribution >= 0.6 is 35.3 Å². The Balaban J connectivity index is 0.00000341. The molecule has 31 heavy (non-hydrogen) atoms. The maximum atomic E-state index is 12.8. The summed E-state index contributed by atoms with van der Waals surface area (Å²) in [5.41, 5.74) is 2.43. The summed E-state index contributed by atoms with van der Waals surface area (Å²) in [5, 5.41) is 9.60. The van der Waals surface area contributed by atoms with Crippen molar-refractivity contribution in [1.82, 2.24) is 25.8 Å². The van der Waals surface area contributed by atoms with Gasteiger partial charge in [-0.25, -0.2) is 4.98 Å². The zero-order valence-corrected chi connectivity index (χ0v) is 21.6. The van der Waals surface area contributed by atoms with Crippen molar-refractivity contribution in [2.75, 3.05) is 32.7 Å². The Morgan fingerprint density at radius 1 is 1.23 bits per heavy atom. The summed E-state index contributed by atoms with van der Waals surface area (Å²) in [6.45, 7) is 7.12. The van der Waals surface area contributed by atoms with Gasteiger partial charge >= 0.3 is 0 Å². The van der Waals surface area contributed by atoms with Crippen LogP contribution in [0.5, 0.6) is 0 Å². The number of aliphatic imine (C=N–C) groups is 1. The molecule has 1 saturated heterocycles. The summed E-state index contributed by atoms with van der Waals surface area (Å²) in [4.78, 5) is 36.3. The Bertz CT molecular complexity index is 750. The van der Waals surface area contributed by atoms with Crippen LogP contribution in [0.1, 0.15) is 60.8 Å². The Hall–Kier alpha value is -1.43. The Morgan fingerprint density at radius 3 is 2.68 bits per heavy atom. The molecule has 2 fully saturated rings. The molecular weight excluding hydrogens is 527 g/mol. The van der Waals surface area contributed by atoms with Crippen molar-refractivity contribution in [2.24, 2.45) is 10.9 Å². The van der Waals surface area contributed by atoms with Crippen molar-refractivity contribution >= 4 is 53.1 Å². The molecule has 0 aromatic carbocycles. The molecule has 3 N–H and O–H groups in total. The van der Waals surface area contributed by atoms with Crippen LogP contribution < -0.4 is 16.0 Å². The molecule has 2 heterocycles. The second-order valence-electron chi connectivity index (χ2n) is 8.03. The third-order valence-electron chi connectivity index (χ3n) is 5.76. The van der Waals surface area contributed by atoms with Crippen LogP contribution in [0, 0.1) is 12.8 Å². The number of halogens is 1. The largest absolute Gasteiger partial charge is 0.357 e. The number of amides is 2. The van der Waals surface area contributed by atoms with E-state index in [1.165, 1.54) is 30.6 Å². The molecule has 10 heteroatoms. The van der Waals surface area contributed by atoms with E-state index in [2.05, 4.69) is 25.9 Å². The topological polar surface area (TPSA) is 98.7 Å². The van der Waals surface area contributed by atoms with Gasteiger partial charge in [0.05, 0.1) is 17.7 Å². The number of aryl methyl sites for hydroxylation is 1. The van der Waals surface area contributed by atoms with Gasteiger partial charge in [0.15, 0.2) is 5.96 Å². The van der Waals surface area contributed by atoms with E-state index in [9.17, 15) is 9.59 Å². The van der Waals surface area contributed by atoms with E-state index in [0.717, 1.165) is 50.6 Å². The molecule has 1 aliphatic heterocycles. The van der Waals surface area contributed by atoms with Crippen LogP contribution in [0.3, 0.4) is 0 Å². The predicted molar refractivity (Wildman–Crippen MR) is 135 cm³/mol. The first-order chi connectivity index (χ1) is 14.6. The number of hydrogen-bond acceptors (Lipinski definition) is 5. The highest BCUT2D eigenvalue weighted by Crippen LogP contribution is 2.26. The quantitative estimate of drug-likeness (QED) is 0.206. The highest BCUT2D eigenvalue weighted by Gasteiger charge is 2.31. The minimum atomic E-state index is -0.101. The molecule has 174 valence electrons. The van der Waals surface area contributed by atoms with Crippen molar-refractivity contribution < 1.29 is 9.59 Å². The summed E-state index contributed by atoms with van der Waals surface area (Å²) in [7, 11) is 0. The van der Waals surface area contributed by atoms with Crippen molar-refractivity contribution in [3.63, 3.8) is 0 Å². The zero-order valence-electron chi connectivity index (χ0n) is 18.5. The van der Waals surface area contributed by atoms with E-state index in [0.29, 0.717) is 23.9 Å². The maximum Gasteiger partial charge on any atom is 0.263 e. The van der Waals surface area contributed by atoms with Crippen LogP contribution in [0.2, 0.25) is 0 Å². The van der Waals surface area contributed by atoms with Crippen LogP contribution in [-0.4, -0.2) is 66.4 Å². The van der Waals surface area contributed by atoms with Gasteiger partial charge in [-0.3, -0.25) is 14.6 Å². The third-order valence-corrected chi connectivity index (χ3v) is 6.69. The molecule has 1 atom stereocenters. The molecular formula is C21H35IN6O2S. The number of carbonyl (C=O) groups is 2. The van der Waals surface area contributed by atoms with Crippen molar-refractivity contribution in [1.29, 1.82) is 0 Å². The van der Waals surface area contributed by atoms with Crippen molar-refractivity contribution in [3.05, 3.63) is 16.1 Å². The molecule has 1 aromatic heterocycles. The number of nitrogens with one attached hydrogen (secondary N) is 3. The highest BCUT2D eigenvalue weighted by molar-refractivity contribution is 14.0. The van der Waals surface area contributed by atoms with Crippen LogP contribution in [0.25, 0.3) is 0 Å². The molecule has 1 saturated carbocycles. The standard InChI is InChI=1S/C21H34N6O2S.HI/c1-3-22-21(24-11-10-23-19(28)18-15(2)25-14-30-18)26-17-9-12-27(13-17)20(29)16-7-5-4-6-8-16;/h14,16-17H,3-13H2,1-2H3,(H,23,28)(H2,22,24,26);1H. The van der Waals surface area contributed by atoms with Crippen molar-refractivity contribution in [2.45, 2.75) is 58.4 Å². The first-order valence-electron chi connectivity index (χ1n) is 11.1. The highest BCUT2D eigenvalue weighted by atomic mass is 127. The van der Waals surface area contributed by atoms with Gasteiger partial charge < -0.3 is 20.9 Å². The Labute approximate surface area is 206 Å². The van der Waals surface area contributed by atoms with Gasteiger partial charge in [-0.15, -0.1) is 35.3 Å². The van der Waals surface area contributed by atoms with Gasteiger partial charge in [0, 0.05) is 38.1 Å². The first kappa shape index (κ1) is 25.8. The molecule has 2 amide bonds. The van der Waals surface area contributed by atoms with E-state index < -0.39 is 0 Å². The van der Waals surface area contributed by atoms with E-state index >= 15 is 0 Å². The van der Waals surface area contributed by atoms with Gasteiger partial charge in [0.1, 0.15) is 4.88 Å². The lowest BCUT2D eigenvalue weighted by Crippen LogP contribution is -2.46. The SMILES string of the molecule is CCNC(=NCCNC(=O)c1scnc1C)NC1CCN(C(=O)C2CCCCC2)C1.I. The lowest BCUT2D eigenvalue weighted by molar-refractivity contribution is -0.135. The second-order valence-corrected chi connectivity index (χ2v) is 8.89. The molecule has 8 nitrogen and oxygen atoms in total. The Kier molecular flexibility index (Phi) is 11.0. The van der Waals surface area contributed by atoms with E-state index in [1.807, 2.05) is 18.7 Å². The lowest BCUT2D eigenvalue weighted by Gasteiger charge is -2.26. The lowest BCUT2D eigenvalue weighted by atomic mass is 9.88. The minimum Gasteiger partial charge on any atom is -0.357 e. The monoisotopic (exact) mass is 562 g/mol. The molecule has 1 unspecified atom stereocenters.